The smallest absolute Gasteiger partial charge is 0.238 e. The molecule has 11 nitrogen and oxygen atoms in total. The number of Topliss-reactive ketones (excluding diaryl/α,β-unsaturated/α-hetero) is 2. The minimum absolute atomic E-state index is 0. The van der Waals surface area contributed by atoms with Crippen LogP contribution in [0.15, 0.2) is 35.6 Å². The van der Waals surface area contributed by atoms with Gasteiger partial charge in [-0.25, -0.2) is 0 Å². The third-order valence-electron chi connectivity index (χ3n) is 8.09. The number of phenols is 2. The fourth-order valence-corrected chi connectivity index (χ4v) is 5.73. The molecule has 2 aliphatic carbocycles. The second-order valence-electron chi connectivity index (χ2n) is 11.2. The lowest BCUT2D eigenvalue weighted by Crippen LogP contribution is -2.56. The number of unbranched alkanes of at least 4 members (excludes halogenated alkanes) is 8. The summed E-state index contributed by atoms with van der Waals surface area (Å²) < 4.78 is 0. The van der Waals surface area contributed by atoms with Gasteiger partial charge in [0.25, 0.3) is 0 Å². The summed E-state index contributed by atoms with van der Waals surface area (Å²) in [5.41, 5.74) is 1.67. The Kier molecular flexibility index (Phi) is 13.4. The van der Waals surface area contributed by atoms with Crippen LogP contribution in [0.3, 0.4) is 0 Å². The minimum atomic E-state index is -2.88. The summed E-state index contributed by atoms with van der Waals surface area (Å²) in [4.78, 5) is 50.8. The molecular weight excluding hydrogens is 625 g/mol. The Hall–Kier alpha value is -3.64. The summed E-state index contributed by atoms with van der Waals surface area (Å²) in [7, 11) is 0. The molecule has 246 valence electrons. The fraction of sp³-hybridized carbons (Fsp3) is 0.438. The minimum Gasteiger partial charge on any atom is -0.511 e. The molecule has 2 aromatic rings. The van der Waals surface area contributed by atoms with Gasteiger partial charge in [0, 0.05) is 5.57 Å². The van der Waals surface area contributed by atoms with Gasteiger partial charge in [0.15, 0.2) is 17.5 Å². The van der Waals surface area contributed by atoms with E-state index in [1.165, 1.54) is 62.8 Å². The summed E-state index contributed by atoms with van der Waals surface area (Å²) >= 11 is 0. The molecule has 45 heavy (non-hydrogen) atoms. The zero-order chi connectivity index (χ0) is 31.3. The van der Waals surface area contributed by atoms with Crippen LogP contribution in [0, 0.1) is 5.92 Å². The number of phenolic OH excluding ortho intramolecular Hbond substituents is 2. The van der Waals surface area contributed by atoms with E-state index in [0.717, 1.165) is 25.3 Å². The lowest BCUT2D eigenvalue weighted by molar-refractivity contribution is -0.140. The number of hydrogen-bond donors (Lipinski definition) is 7. The number of fused-ring (bicyclic) bond motifs is 3. The molecule has 2 aliphatic rings. The number of primary amides is 1. The lowest BCUT2D eigenvalue weighted by Gasteiger charge is -2.36. The summed E-state index contributed by atoms with van der Waals surface area (Å²) in [6, 6.07) is 4.42. The van der Waals surface area contributed by atoms with Gasteiger partial charge in [0.05, 0.1) is 23.2 Å². The van der Waals surface area contributed by atoms with Crippen molar-refractivity contribution in [3.05, 3.63) is 46.7 Å². The van der Waals surface area contributed by atoms with Crippen molar-refractivity contribution in [2.75, 3.05) is 18.4 Å². The maximum atomic E-state index is 13.5. The third kappa shape index (κ3) is 7.61. The first-order chi connectivity index (χ1) is 20.5. The molecule has 0 spiro atoms. The molecule has 2 atom stereocenters. The van der Waals surface area contributed by atoms with E-state index in [4.69, 9.17) is 5.73 Å². The van der Waals surface area contributed by atoms with Crippen LogP contribution in [0.25, 0.3) is 16.8 Å². The third-order valence-corrected chi connectivity index (χ3v) is 8.09. The average molecular weight is 667 g/mol. The van der Waals surface area contributed by atoms with Crippen molar-refractivity contribution in [3.63, 3.8) is 0 Å². The van der Waals surface area contributed by atoms with Crippen molar-refractivity contribution in [3.8, 4) is 11.5 Å². The van der Waals surface area contributed by atoms with Crippen LogP contribution in [0.1, 0.15) is 80.6 Å². The van der Waals surface area contributed by atoms with Crippen LogP contribution < -0.4 is 16.4 Å². The number of carbonyl (C=O) groups excluding carboxylic acids is 4. The Morgan fingerprint density at radius 3 is 2.16 bits per heavy atom. The van der Waals surface area contributed by atoms with Crippen molar-refractivity contribution in [2.45, 2.75) is 70.3 Å². The van der Waals surface area contributed by atoms with Crippen molar-refractivity contribution < 1.29 is 39.6 Å². The summed E-state index contributed by atoms with van der Waals surface area (Å²) in [6.07, 6.45) is 12.9. The summed E-state index contributed by atoms with van der Waals surface area (Å²) in [5.74, 6) is -8.15. The van der Waals surface area contributed by atoms with E-state index in [9.17, 15) is 39.6 Å². The predicted molar refractivity (Wildman–Crippen MR) is 176 cm³/mol. The SMILES string of the molecule is CCCCCCCCCCCNCC(=O)Nc1ccc2cc3c(c(O)c2c1O)C(=O)C1(O)C(=O)C(C(N)=O)C(O)=CC1=C3.Cl.Cl. The van der Waals surface area contributed by atoms with E-state index in [0.29, 0.717) is 11.9 Å². The van der Waals surface area contributed by atoms with E-state index in [1.807, 2.05) is 0 Å². The Morgan fingerprint density at radius 1 is 0.911 bits per heavy atom. The molecule has 0 bridgehead atoms. The maximum Gasteiger partial charge on any atom is 0.238 e. The molecule has 2 aromatic carbocycles. The number of ketones is 2. The topological polar surface area (TPSA) is 199 Å². The van der Waals surface area contributed by atoms with E-state index in [1.54, 1.807) is 0 Å². The first kappa shape index (κ1) is 37.5. The van der Waals surface area contributed by atoms with Crippen molar-refractivity contribution in [1.29, 1.82) is 0 Å². The number of hydrogen-bond acceptors (Lipinski definition) is 9. The largest absolute Gasteiger partial charge is 0.511 e. The van der Waals surface area contributed by atoms with Crippen LogP contribution in [0.2, 0.25) is 0 Å². The number of aliphatic hydroxyl groups excluding tert-OH is 1. The molecule has 0 aliphatic heterocycles. The van der Waals surface area contributed by atoms with Crippen molar-refractivity contribution in [2.24, 2.45) is 11.7 Å². The number of rotatable bonds is 14. The number of aliphatic hydroxyl groups is 2. The highest BCUT2D eigenvalue weighted by molar-refractivity contribution is 6.30. The number of carbonyl (C=O) groups is 4. The van der Waals surface area contributed by atoms with Gasteiger partial charge in [-0.15, -0.1) is 24.8 Å². The van der Waals surface area contributed by atoms with E-state index < -0.39 is 57.7 Å². The fourth-order valence-electron chi connectivity index (χ4n) is 5.73. The highest BCUT2D eigenvalue weighted by Gasteiger charge is 2.57. The number of benzene rings is 2. The van der Waals surface area contributed by atoms with Gasteiger partial charge in [0.1, 0.15) is 11.5 Å². The zero-order valence-electron chi connectivity index (χ0n) is 25.1. The number of halogens is 2. The molecule has 8 N–H and O–H groups in total. The van der Waals surface area contributed by atoms with Crippen molar-refractivity contribution in [1.82, 2.24) is 5.32 Å². The molecular formula is C32H41Cl2N3O8. The van der Waals surface area contributed by atoms with Crippen molar-refractivity contribution >= 4 is 70.7 Å². The van der Waals surface area contributed by atoms with E-state index in [-0.39, 0.29) is 53.6 Å². The first-order valence-electron chi connectivity index (χ1n) is 14.8. The van der Waals surface area contributed by atoms with Gasteiger partial charge in [-0.05, 0) is 48.2 Å². The molecule has 0 heterocycles. The monoisotopic (exact) mass is 665 g/mol. The van der Waals surface area contributed by atoms with Crippen LogP contribution in [0.5, 0.6) is 11.5 Å². The quantitative estimate of drug-likeness (QED) is 0.0856. The Bertz CT molecular complexity index is 1520. The first-order valence-corrected chi connectivity index (χ1v) is 14.8. The molecule has 0 radical (unpaired) electrons. The second kappa shape index (κ2) is 16.1. The number of nitrogens with one attached hydrogen (secondary N) is 2. The molecule has 2 amide bonds. The van der Waals surface area contributed by atoms with E-state index in [2.05, 4.69) is 17.6 Å². The van der Waals surface area contributed by atoms with Gasteiger partial charge in [-0.1, -0.05) is 64.4 Å². The Morgan fingerprint density at radius 2 is 1.53 bits per heavy atom. The van der Waals surface area contributed by atoms with Crippen LogP contribution in [-0.2, 0) is 14.4 Å². The highest BCUT2D eigenvalue weighted by Crippen LogP contribution is 2.47. The predicted octanol–water partition coefficient (Wildman–Crippen LogP) is 4.59. The standard InChI is InChI=1S/C32H39N3O8.2ClH/c1-2-3-4-5-6-7-8-9-10-13-34-17-23(37)35-21-12-11-18-14-19-15-20-16-22(36)26(31(33)42)30(41)32(20,43)29(40)25(19)28(39)24(18)27(21)38;;/h11-12,14-16,26,34,36,38-39,43H,2-10,13,17H2,1H3,(H2,33,42)(H,35,37);2*1H. The Labute approximate surface area is 273 Å². The van der Waals surface area contributed by atoms with Crippen LogP contribution >= 0.6 is 24.8 Å². The van der Waals surface area contributed by atoms with Gasteiger partial charge in [-0.3, -0.25) is 19.2 Å². The number of amides is 2. The molecule has 0 saturated carbocycles. The van der Waals surface area contributed by atoms with Gasteiger partial charge in [-0.2, -0.15) is 0 Å². The number of aromatic hydroxyl groups is 2. The second-order valence-corrected chi connectivity index (χ2v) is 11.2. The summed E-state index contributed by atoms with van der Waals surface area (Å²) in [6.45, 7) is 2.88. The molecule has 0 saturated heterocycles. The maximum absolute atomic E-state index is 13.5. The van der Waals surface area contributed by atoms with E-state index >= 15 is 0 Å². The normalized spacial score (nSPS) is 18.6. The van der Waals surface area contributed by atoms with Gasteiger partial charge < -0.3 is 36.8 Å². The molecule has 13 heteroatoms. The number of anilines is 1. The average Bonchev–Trinajstić information content (AvgIpc) is 2.95. The van der Waals surface area contributed by atoms with Gasteiger partial charge in [0.2, 0.25) is 23.2 Å². The molecule has 2 unspecified atom stereocenters. The molecule has 4 rings (SSSR count). The summed E-state index contributed by atoms with van der Waals surface area (Å²) in [5, 5.41) is 49.2. The highest BCUT2D eigenvalue weighted by atomic mass is 35.5. The molecule has 0 aromatic heterocycles. The number of nitrogens with two attached hydrogens (primary N) is 1. The lowest BCUT2D eigenvalue weighted by atomic mass is 9.68. The van der Waals surface area contributed by atoms with Gasteiger partial charge >= 0.3 is 0 Å². The zero-order valence-corrected chi connectivity index (χ0v) is 26.7. The Balaban J connectivity index is 0.00000353. The van der Waals surface area contributed by atoms with Crippen LogP contribution in [-0.4, -0.2) is 62.5 Å². The van der Waals surface area contributed by atoms with Crippen LogP contribution in [0.4, 0.5) is 5.69 Å². The molecule has 0 fully saturated rings.